The van der Waals surface area contributed by atoms with Gasteiger partial charge in [0.1, 0.15) is 17.9 Å². The zero-order valence-electron chi connectivity index (χ0n) is 24.0. The Morgan fingerprint density at radius 3 is 2.21 bits per heavy atom. The molecule has 1 heterocycles. The molecule has 0 radical (unpaired) electrons. The number of carbonyl (C=O) groups is 7. The summed E-state index contributed by atoms with van der Waals surface area (Å²) in [7, 11) is 0. The monoisotopic (exact) mass is 604 g/mol. The number of carboxylic acids is 1. The molecule has 0 fully saturated rings. The Labute approximate surface area is 247 Å². The lowest BCUT2D eigenvalue weighted by atomic mass is 10.0. The number of carboxylic acid groups (broad SMARTS) is 1. The lowest BCUT2D eigenvalue weighted by molar-refractivity contribution is -0.137. The first kappa shape index (κ1) is 34.4. The molecule has 1 aromatic rings. The Morgan fingerprint density at radius 1 is 0.953 bits per heavy atom. The minimum absolute atomic E-state index is 0.0366. The van der Waals surface area contributed by atoms with Crippen molar-refractivity contribution in [2.24, 2.45) is 11.7 Å². The first-order valence-electron chi connectivity index (χ1n) is 13.8. The fraction of sp³-hybridized carbons (Fsp3) is 0.464. The number of nitrogens with zero attached hydrogens (tertiary/aromatic N) is 1. The molecule has 1 aliphatic heterocycles. The van der Waals surface area contributed by atoms with Gasteiger partial charge in [-0.1, -0.05) is 20.3 Å². The Kier molecular flexibility index (Phi) is 13.3. The summed E-state index contributed by atoms with van der Waals surface area (Å²) in [4.78, 5) is 85.2. The van der Waals surface area contributed by atoms with Gasteiger partial charge in [-0.05, 0) is 49.8 Å². The zero-order chi connectivity index (χ0) is 32.1. The highest BCUT2D eigenvalue weighted by Crippen LogP contribution is 2.16. The van der Waals surface area contributed by atoms with E-state index in [0.29, 0.717) is 19.3 Å². The van der Waals surface area contributed by atoms with E-state index in [4.69, 9.17) is 10.8 Å². The van der Waals surface area contributed by atoms with Crippen molar-refractivity contribution in [3.05, 3.63) is 41.7 Å². The van der Waals surface area contributed by atoms with Crippen LogP contribution in [0.2, 0.25) is 0 Å². The number of unbranched alkanes of at least 4 members (excludes halogenated alkanes) is 2. The number of carbonyl (C=O) groups excluding carboxylic acids is 6. The molecule has 0 bridgehead atoms. The number of rotatable bonds is 17. The third-order valence-corrected chi connectivity index (χ3v) is 6.52. The number of urea groups is 1. The maximum absolute atomic E-state index is 14.1. The van der Waals surface area contributed by atoms with Gasteiger partial charge in [0, 0.05) is 37.3 Å². The first-order valence-corrected chi connectivity index (χ1v) is 13.8. The Morgan fingerprint density at radius 2 is 1.63 bits per heavy atom. The summed E-state index contributed by atoms with van der Waals surface area (Å²) in [6, 6.07) is 0.107. The van der Waals surface area contributed by atoms with Crippen LogP contribution in [0, 0.1) is 11.7 Å². The van der Waals surface area contributed by atoms with Gasteiger partial charge in [-0.2, -0.15) is 0 Å². The summed E-state index contributed by atoms with van der Waals surface area (Å²) in [6.45, 7) is 3.78. The molecule has 0 saturated carbocycles. The van der Waals surface area contributed by atoms with E-state index < -0.39 is 53.2 Å². The Bertz CT molecular complexity index is 1250. The molecule has 7 amide bonds. The van der Waals surface area contributed by atoms with Crippen molar-refractivity contribution >= 4 is 47.2 Å². The fourth-order valence-corrected chi connectivity index (χ4v) is 4.21. The zero-order valence-corrected chi connectivity index (χ0v) is 24.0. The number of nitrogens with one attached hydrogen (secondary N) is 4. The van der Waals surface area contributed by atoms with Gasteiger partial charge in [0.15, 0.2) is 0 Å². The molecule has 0 aliphatic carbocycles. The number of hydrogen-bond donors (Lipinski definition) is 6. The molecular formula is C28H37FN6O8. The minimum atomic E-state index is -1.48. The first-order chi connectivity index (χ1) is 20.3. The molecule has 0 spiro atoms. The van der Waals surface area contributed by atoms with Gasteiger partial charge in [-0.15, -0.1) is 0 Å². The van der Waals surface area contributed by atoms with E-state index in [2.05, 4.69) is 21.3 Å². The molecule has 15 heteroatoms. The van der Waals surface area contributed by atoms with Gasteiger partial charge in [0.25, 0.3) is 11.8 Å². The van der Waals surface area contributed by atoms with Crippen LogP contribution in [0.4, 0.5) is 14.9 Å². The van der Waals surface area contributed by atoms with Crippen LogP contribution in [-0.2, 0) is 24.0 Å². The molecule has 1 aromatic carbocycles. The number of nitrogens with two attached hydrogens (primary N) is 1. The average Bonchev–Trinajstić information content (AvgIpc) is 3.24. The number of amides is 7. The summed E-state index contributed by atoms with van der Waals surface area (Å²) >= 11 is 0. The number of aromatic carboxylic acids is 1. The van der Waals surface area contributed by atoms with Crippen molar-refractivity contribution in [1.29, 1.82) is 0 Å². The lowest BCUT2D eigenvalue weighted by Crippen LogP contribution is -2.54. The van der Waals surface area contributed by atoms with Crippen LogP contribution in [-0.4, -0.2) is 76.7 Å². The van der Waals surface area contributed by atoms with Crippen molar-refractivity contribution in [2.75, 3.05) is 18.4 Å². The third-order valence-electron chi connectivity index (χ3n) is 6.52. The minimum Gasteiger partial charge on any atom is -0.478 e. The van der Waals surface area contributed by atoms with Crippen LogP contribution >= 0.6 is 0 Å². The Hall–Kier alpha value is -4.82. The second-order valence-electron chi connectivity index (χ2n) is 10.2. The molecule has 0 unspecified atom stereocenters. The molecule has 43 heavy (non-hydrogen) atoms. The number of benzene rings is 1. The third kappa shape index (κ3) is 11.2. The average molecular weight is 605 g/mol. The molecule has 14 nitrogen and oxygen atoms in total. The molecule has 0 aromatic heterocycles. The van der Waals surface area contributed by atoms with Crippen LogP contribution in [0.3, 0.4) is 0 Å². The van der Waals surface area contributed by atoms with Gasteiger partial charge in [0.2, 0.25) is 17.7 Å². The summed E-state index contributed by atoms with van der Waals surface area (Å²) in [5.41, 5.74) is 4.45. The number of imide groups is 1. The summed E-state index contributed by atoms with van der Waals surface area (Å²) in [5, 5.41) is 19.1. The Balaban J connectivity index is 1.97. The molecular weight excluding hydrogens is 567 g/mol. The summed E-state index contributed by atoms with van der Waals surface area (Å²) < 4.78 is 14.1. The number of anilines is 1. The predicted molar refractivity (Wildman–Crippen MR) is 152 cm³/mol. The van der Waals surface area contributed by atoms with E-state index in [1.165, 1.54) is 18.2 Å². The molecule has 234 valence electrons. The second kappa shape index (κ2) is 16.6. The highest BCUT2D eigenvalue weighted by molar-refractivity contribution is 6.12. The smallest absolute Gasteiger partial charge is 0.338 e. The molecule has 2 rings (SSSR count). The van der Waals surface area contributed by atoms with E-state index in [9.17, 15) is 38.0 Å². The van der Waals surface area contributed by atoms with Crippen LogP contribution in [0.25, 0.3) is 0 Å². The van der Waals surface area contributed by atoms with E-state index in [1.54, 1.807) is 13.8 Å². The predicted octanol–water partition coefficient (Wildman–Crippen LogP) is 1.02. The maximum atomic E-state index is 14.1. The fourth-order valence-electron chi connectivity index (χ4n) is 4.21. The SMILES string of the molecule is CC(C)[C@H](NC(=O)CCCCCN1C(=O)C=CC1=O)C(=O)N[C@@H](CCCNC(N)=O)C(=O)Nc1ccc(C(=O)O)c(F)c1. The van der Waals surface area contributed by atoms with Crippen molar-refractivity contribution in [1.82, 2.24) is 20.9 Å². The van der Waals surface area contributed by atoms with Crippen LogP contribution in [0.5, 0.6) is 0 Å². The lowest BCUT2D eigenvalue weighted by Gasteiger charge is -2.25. The quantitative estimate of drug-likeness (QED) is 0.111. The number of halogens is 1. The molecule has 7 N–H and O–H groups in total. The van der Waals surface area contributed by atoms with E-state index in [1.807, 2.05) is 0 Å². The van der Waals surface area contributed by atoms with Crippen molar-refractivity contribution < 1.29 is 43.1 Å². The van der Waals surface area contributed by atoms with Crippen molar-refractivity contribution in [3.63, 3.8) is 0 Å². The van der Waals surface area contributed by atoms with Crippen LogP contribution in [0.15, 0.2) is 30.4 Å². The second-order valence-corrected chi connectivity index (χ2v) is 10.2. The van der Waals surface area contributed by atoms with E-state index >= 15 is 0 Å². The topological polar surface area (TPSA) is 217 Å². The van der Waals surface area contributed by atoms with Crippen molar-refractivity contribution in [3.8, 4) is 0 Å². The standard InChI is InChI=1S/C28H37FN6O8/c1-16(2)24(34-21(36)8-4-3-5-14-35-22(37)11-12-23(35)38)26(40)33-20(7-6-13-31-28(30)43)25(39)32-17-9-10-18(27(41)42)19(29)15-17/h9-12,15-16,20,24H,3-8,13-14H2,1-2H3,(H,32,39)(H,33,40)(H,34,36)(H,41,42)(H3,30,31,43)/t20-,24-/m0/s1. The summed E-state index contributed by atoms with van der Waals surface area (Å²) in [5.74, 6) is -5.40. The normalized spacial score (nSPS) is 13.9. The van der Waals surface area contributed by atoms with Gasteiger partial charge in [-0.3, -0.25) is 28.9 Å². The highest BCUT2D eigenvalue weighted by atomic mass is 19.1. The summed E-state index contributed by atoms with van der Waals surface area (Å²) in [6.07, 6.45) is 4.33. The molecule has 0 saturated heterocycles. The van der Waals surface area contributed by atoms with E-state index in [0.717, 1.165) is 17.0 Å². The van der Waals surface area contributed by atoms with Gasteiger partial charge in [0.05, 0.1) is 5.56 Å². The highest BCUT2D eigenvalue weighted by Gasteiger charge is 2.29. The molecule has 2 atom stereocenters. The van der Waals surface area contributed by atoms with Crippen LogP contribution < -0.4 is 27.0 Å². The number of hydrogen-bond acceptors (Lipinski definition) is 7. The van der Waals surface area contributed by atoms with Gasteiger partial charge >= 0.3 is 12.0 Å². The maximum Gasteiger partial charge on any atom is 0.338 e. The van der Waals surface area contributed by atoms with Gasteiger partial charge < -0.3 is 32.1 Å². The van der Waals surface area contributed by atoms with E-state index in [-0.39, 0.29) is 55.8 Å². The van der Waals surface area contributed by atoms with Crippen molar-refractivity contribution in [2.45, 2.75) is 64.5 Å². The molecule has 1 aliphatic rings. The largest absolute Gasteiger partial charge is 0.478 e. The number of primary amides is 1. The van der Waals surface area contributed by atoms with Gasteiger partial charge in [-0.25, -0.2) is 14.0 Å². The van der Waals surface area contributed by atoms with Crippen LogP contribution in [0.1, 0.15) is 62.7 Å².